The summed E-state index contributed by atoms with van der Waals surface area (Å²) in [5.41, 5.74) is 0. The summed E-state index contributed by atoms with van der Waals surface area (Å²) in [5.74, 6) is -0.331. The Labute approximate surface area is 96.6 Å². The summed E-state index contributed by atoms with van der Waals surface area (Å²) < 4.78 is 0. The number of carboxylic acids is 1. The third-order valence-electron chi connectivity index (χ3n) is 2.45. The van der Waals surface area contributed by atoms with E-state index in [1.165, 1.54) is 0 Å². The van der Waals surface area contributed by atoms with Crippen molar-refractivity contribution in [2.45, 2.75) is 46.1 Å². The fourth-order valence-corrected chi connectivity index (χ4v) is 1.39. The molecule has 94 valence electrons. The number of aliphatic carboxylic acids is 1. The molecule has 0 aliphatic carbocycles. The lowest BCUT2D eigenvalue weighted by molar-refractivity contribution is -0.136. The molecule has 0 aliphatic rings. The number of amides is 2. The lowest BCUT2D eigenvalue weighted by atomic mass is 10.0. The van der Waals surface area contributed by atoms with Crippen LogP contribution in [-0.2, 0) is 4.79 Å². The predicted octanol–water partition coefficient (Wildman–Crippen LogP) is 1.59. The molecule has 2 atom stereocenters. The van der Waals surface area contributed by atoms with Gasteiger partial charge < -0.3 is 15.7 Å². The Morgan fingerprint density at radius 2 is 1.94 bits per heavy atom. The number of hydrogen-bond donors (Lipinski definition) is 3. The van der Waals surface area contributed by atoms with Gasteiger partial charge >= 0.3 is 12.0 Å². The second kappa shape index (κ2) is 7.96. The van der Waals surface area contributed by atoms with Crippen molar-refractivity contribution in [3.8, 4) is 0 Å². The maximum Gasteiger partial charge on any atom is 0.315 e. The molecule has 2 unspecified atom stereocenters. The molecular weight excluding hydrogens is 208 g/mol. The lowest BCUT2D eigenvalue weighted by Crippen LogP contribution is -2.42. The van der Waals surface area contributed by atoms with Crippen LogP contribution in [0.15, 0.2) is 0 Å². The highest BCUT2D eigenvalue weighted by atomic mass is 16.4. The largest absolute Gasteiger partial charge is 0.481 e. The highest BCUT2D eigenvalue weighted by Gasteiger charge is 2.10. The Kier molecular flexibility index (Phi) is 7.33. The first-order valence-corrected chi connectivity index (χ1v) is 5.71. The van der Waals surface area contributed by atoms with E-state index in [-0.39, 0.29) is 25.0 Å². The van der Waals surface area contributed by atoms with E-state index >= 15 is 0 Å². The van der Waals surface area contributed by atoms with Crippen LogP contribution in [0.2, 0.25) is 0 Å². The number of urea groups is 1. The van der Waals surface area contributed by atoms with Crippen molar-refractivity contribution in [2.75, 3.05) is 6.54 Å². The van der Waals surface area contributed by atoms with E-state index in [4.69, 9.17) is 5.11 Å². The Morgan fingerprint density at radius 3 is 2.44 bits per heavy atom. The molecule has 0 aromatic carbocycles. The number of hydrogen-bond acceptors (Lipinski definition) is 2. The van der Waals surface area contributed by atoms with Crippen LogP contribution < -0.4 is 10.6 Å². The van der Waals surface area contributed by atoms with Crippen molar-refractivity contribution >= 4 is 12.0 Å². The van der Waals surface area contributed by atoms with Gasteiger partial charge in [0.05, 0.1) is 6.42 Å². The van der Waals surface area contributed by atoms with Crippen LogP contribution in [0.3, 0.4) is 0 Å². The van der Waals surface area contributed by atoms with E-state index in [2.05, 4.69) is 24.5 Å². The van der Waals surface area contributed by atoms with Gasteiger partial charge in [0.25, 0.3) is 0 Å². The molecule has 5 heteroatoms. The summed E-state index contributed by atoms with van der Waals surface area (Å²) >= 11 is 0. The summed E-state index contributed by atoms with van der Waals surface area (Å²) in [6, 6.07) is -0.183. The fraction of sp³-hybridized carbons (Fsp3) is 0.818. The molecule has 0 rings (SSSR count). The first kappa shape index (κ1) is 14.7. The zero-order chi connectivity index (χ0) is 12.6. The molecule has 3 N–H and O–H groups in total. The van der Waals surface area contributed by atoms with E-state index in [1.54, 1.807) is 0 Å². The van der Waals surface area contributed by atoms with Crippen molar-refractivity contribution < 1.29 is 14.7 Å². The Morgan fingerprint density at radius 1 is 1.31 bits per heavy atom. The second-order valence-electron chi connectivity index (χ2n) is 4.19. The molecule has 0 fully saturated rings. The average molecular weight is 230 g/mol. The summed E-state index contributed by atoms with van der Waals surface area (Å²) in [7, 11) is 0. The molecule has 2 amide bonds. The molecule has 0 aromatic heterocycles. The quantitative estimate of drug-likeness (QED) is 0.621. The monoisotopic (exact) mass is 230 g/mol. The molecular formula is C11H22N2O3. The van der Waals surface area contributed by atoms with Crippen molar-refractivity contribution in [3.05, 3.63) is 0 Å². The van der Waals surface area contributed by atoms with Crippen molar-refractivity contribution in [3.63, 3.8) is 0 Å². The molecule has 0 saturated carbocycles. The van der Waals surface area contributed by atoms with E-state index in [9.17, 15) is 9.59 Å². The van der Waals surface area contributed by atoms with Gasteiger partial charge in [-0.3, -0.25) is 4.79 Å². The molecule has 0 aromatic rings. The van der Waals surface area contributed by atoms with Crippen molar-refractivity contribution in [1.29, 1.82) is 0 Å². The van der Waals surface area contributed by atoms with Gasteiger partial charge in [-0.15, -0.1) is 0 Å². The van der Waals surface area contributed by atoms with Crippen LogP contribution in [0.1, 0.15) is 40.0 Å². The minimum Gasteiger partial charge on any atom is -0.481 e. The lowest BCUT2D eigenvalue weighted by Gasteiger charge is -2.17. The van der Waals surface area contributed by atoms with Crippen LogP contribution in [0.25, 0.3) is 0 Å². The molecule has 0 saturated heterocycles. The molecule has 16 heavy (non-hydrogen) atoms. The minimum atomic E-state index is -0.909. The molecule has 0 aliphatic heterocycles. The van der Waals surface area contributed by atoms with Crippen LogP contribution in [0.5, 0.6) is 0 Å². The Balaban J connectivity index is 3.65. The molecule has 0 radical (unpaired) electrons. The number of nitrogens with one attached hydrogen (secondary N) is 2. The molecule has 5 nitrogen and oxygen atoms in total. The van der Waals surface area contributed by atoms with E-state index < -0.39 is 5.97 Å². The third-order valence-corrected chi connectivity index (χ3v) is 2.45. The van der Waals surface area contributed by atoms with Gasteiger partial charge in [-0.25, -0.2) is 4.79 Å². The van der Waals surface area contributed by atoms with E-state index in [1.807, 2.05) is 6.92 Å². The zero-order valence-corrected chi connectivity index (χ0v) is 10.2. The Bertz CT molecular complexity index is 231. The maximum absolute atomic E-state index is 11.3. The number of carboxylic acid groups (broad SMARTS) is 1. The first-order chi connectivity index (χ1) is 7.45. The first-order valence-electron chi connectivity index (χ1n) is 5.71. The van der Waals surface area contributed by atoms with E-state index in [0.717, 1.165) is 12.8 Å². The maximum atomic E-state index is 11.3. The highest BCUT2D eigenvalue weighted by Crippen LogP contribution is 2.08. The standard InChI is InChI=1S/C11H22N2O3/c1-4-8(2)7-9(3)13-11(16)12-6-5-10(14)15/h8-9H,4-7H2,1-3H3,(H,14,15)(H2,12,13,16). The van der Waals surface area contributed by atoms with Gasteiger partial charge in [0.2, 0.25) is 0 Å². The van der Waals surface area contributed by atoms with Gasteiger partial charge in [0, 0.05) is 12.6 Å². The van der Waals surface area contributed by atoms with Crippen LogP contribution in [0.4, 0.5) is 4.79 Å². The fourth-order valence-electron chi connectivity index (χ4n) is 1.39. The summed E-state index contributed by atoms with van der Waals surface area (Å²) in [4.78, 5) is 21.5. The second-order valence-corrected chi connectivity index (χ2v) is 4.19. The van der Waals surface area contributed by atoms with Crippen LogP contribution in [0, 0.1) is 5.92 Å². The topological polar surface area (TPSA) is 78.4 Å². The average Bonchev–Trinajstić information content (AvgIpc) is 2.16. The van der Waals surface area contributed by atoms with Gasteiger partial charge in [0.1, 0.15) is 0 Å². The van der Waals surface area contributed by atoms with Crippen LogP contribution >= 0.6 is 0 Å². The number of carbonyl (C=O) groups is 2. The zero-order valence-electron chi connectivity index (χ0n) is 10.2. The summed E-state index contributed by atoms with van der Waals surface area (Å²) in [5, 5.41) is 13.7. The SMILES string of the molecule is CCC(C)CC(C)NC(=O)NCCC(=O)O. The van der Waals surface area contributed by atoms with Gasteiger partial charge in [-0.05, 0) is 19.3 Å². The normalized spacial score (nSPS) is 13.9. The number of rotatable bonds is 7. The Hall–Kier alpha value is -1.26. The van der Waals surface area contributed by atoms with Gasteiger partial charge in [-0.2, -0.15) is 0 Å². The van der Waals surface area contributed by atoms with Crippen molar-refractivity contribution in [2.24, 2.45) is 5.92 Å². The van der Waals surface area contributed by atoms with Gasteiger partial charge in [-0.1, -0.05) is 20.3 Å². The van der Waals surface area contributed by atoms with E-state index in [0.29, 0.717) is 5.92 Å². The van der Waals surface area contributed by atoms with Crippen LogP contribution in [-0.4, -0.2) is 29.7 Å². The summed E-state index contributed by atoms with van der Waals surface area (Å²) in [6.07, 6.45) is 1.97. The minimum absolute atomic E-state index is 0.0484. The predicted molar refractivity (Wildman–Crippen MR) is 62.3 cm³/mol. The molecule has 0 bridgehead atoms. The molecule has 0 spiro atoms. The third kappa shape index (κ3) is 8.08. The highest BCUT2D eigenvalue weighted by molar-refractivity contribution is 5.75. The van der Waals surface area contributed by atoms with Crippen molar-refractivity contribution in [1.82, 2.24) is 10.6 Å². The molecule has 0 heterocycles. The smallest absolute Gasteiger partial charge is 0.315 e. The van der Waals surface area contributed by atoms with Gasteiger partial charge in [0.15, 0.2) is 0 Å². The number of carbonyl (C=O) groups excluding carboxylic acids is 1. The summed E-state index contributed by atoms with van der Waals surface area (Å²) in [6.45, 7) is 6.37.